The van der Waals surface area contributed by atoms with Crippen LogP contribution in [0, 0.1) is 0 Å². The Kier molecular flexibility index (Phi) is 14.4. The molecule has 0 saturated heterocycles. The Morgan fingerprint density at radius 3 is 1.97 bits per heavy atom. The van der Waals surface area contributed by atoms with Crippen molar-refractivity contribution in [2.24, 2.45) is 0 Å². The molecule has 0 bridgehead atoms. The van der Waals surface area contributed by atoms with E-state index in [1.54, 1.807) is 12.1 Å². The minimum Gasteiger partial charge on any atom is -0.744 e. The van der Waals surface area contributed by atoms with Crippen LogP contribution in [0.2, 0.25) is 0 Å². The normalized spacial score (nSPS) is 16.6. The van der Waals surface area contributed by atoms with Crippen LogP contribution in [0.1, 0.15) is 84.3 Å². The summed E-state index contributed by atoms with van der Waals surface area (Å²) in [6.45, 7) is 11.2. The molecule has 2 aliphatic heterocycles. The van der Waals surface area contributed by atoms with Crippen molar-refractivity contribution in [2.45, 2.75) is 98.7 Å². The average molecular weight is 945 g/mol. The van der Waals surface area contributed by atoms with Crippen molar-refractivity contribution in [3.05, 3.63) is 102 Å². The summed E-state index contributed by atoms with van der Waals surface area (Å²) in [6.07, 6.45) is 13.4. The van der Waals surface area contributed by atoms with Gasteiger partial charge >= 0.3 is 16.6 Å². The minimum absolute atomic E-state index is 0.0983. The summed E-state index contributed by atoms with van der Waals surface area (Å²) in [5.41, 5.74) is 3.54. The third kappa shape index (κ3) is 10.5. The molecule has 0 unspecified atom stereocenters. The lowest BCUT2D eigenvalue weighted by Gasteiger charge is -2.26. The van der Waals surface area contributed by atoms with Crippen molar-refractivity contribution in [3.63, 3.8) is 0 Å². The van der Waals surface area contributed by atoms with Crippen LogP contribution in [0.5, 0.6) is 0 Å². The molecule has 4 aromatic carbocycles. The van der Waals surface area contributed by atoms with Crippen molar-refractivity contribution in [2.75, 3.05) is 18.0 Å². The molecular weight excluding hydrogens is 897 g/mol. The Labute approximate surface area is 368 Å². The van der Waals surface area contributed by atoms with Gasteiger partial charge in [-0.1, -0.05) is 57.0 Å². The molecule has 63 heavy (non-hydrogen) atoms. The molecule has 6 rings (SSSR count). The number of nitrogens with zero attached hydrogens (tertiary/aromatic N) is 2. The second kappa shape index (κ2) is 18.6. The molecule has 3 N–H and O–H groups in total. The summed E-state index contributed by atoms with van der Waals surface area (Å²) in [7, 11) is -17.6. The number of rotatable bonds is 15. The maximum absolute atomic E-state index is 12.5. The zero-order valence-electron chi connectivity index (χ0n) is 35.1. The summed E-state index contributed by atoms with van der Waals surface area (Å²) in [4.78, 5) is 11.5. The van der Waals surface area contributed by atoms with Gasteiger partial charge in [-0.3, -0.25) is 13.9 Å². The molecular formula is C43H48N2O14S4. The fraction of sp³-hybridized carbons (Fsp3) is 0.349. The van der Waals surface area contributed by atoms with E-state index in [4.69, 9.17) is 17.7 Å². The lowest BCUT2D eigenvalue weighted by atomic mass is 9.79. The summed E-state index contributed by atoms with van der Waals surface area (Å²) < 4.78 is 133. The molecule has 20 heteroatoms. The van der Waals surface area contributed by atoms with Crippen molar-refractivity contribution in [1.29, 1.82) is 0 Å². The minimum atomic E-state index is -4.90. The van der Waals surface area contributed by atoms with Crippen molar-refractivity contribution in [1.82, 2.24) is 0 Å². The average Bonchev–Trinajstić information content (AvgIpc) is 3.53. The monoisotopic (exact) mass is 944 g/mol. The Balaban J connectivity index is 0.00000179. The zero-order chi connectivity index (χ0) is 46.9. The molecule has 0 atom stereocenters. The van der Waals surface area contributed by atoms with Crippen molar-refractivity contribution < 1.29 is 66.0 Å². The number of hydrogen-bond donors (Lipinski definition) is 3. The molecule has 0 spiro atoms. The predicted octanol–water partition coefficient (Wildman–Crippen LogP) is 7.00. The van der Waals surface area contributed by atoms with Crippen molar-refractivity contribution >= 4 is 85.6 Å². The van der Waals surface area contributed by atoms with Gasteiger partial charge in [0, 0.05) is 59.3 Å². The number of anilines is 1. The number of hydrogen-bond acceptors (Lipinski definition) is 12. The second-order valence-electron chi connectivity index (χ2n) is 16.2. The predicted molar refractivity (Wildman–Crippen MR) is 236 cm³/mol. The van der Waals surface area contributed by atoms with Crippen LogP contribution in [0.25, 0.3) is 21.5 Å². The summed E-state index contributed by atoms with van der Waals surface area (Å²) in [5.74, 6) is -0.832. The zero-order valence-corrected chi connectivity index (χ0v) is 38.4. The molecule has 0 fully saturated rings. The first kappa shape index (κ1) is 48.9. The van der Waals surface area contributed by atoms with E-state index in [1.807, 2.05) is 63.3 Å². The topological polar surface area (TPSA) is 261 Å². The second-order valence-corrected chi connectivity index (χ2v) is 20.8. The first-order valence-electron chi connectivity index (χ1n) is 19.8. The van der Waals surface area contributed by atoms with E-state index in [2.05, 4.69) is 23.3 Å². The smallest absolute Gasteiger partial charge is 0.425 e. The molecule has 2 aliphatic rings. The molecule has 16 nitrogen and oxygen atoms in total. The lowest BCUT2D eigenvalue weighted by molar-refractivity contribution is -0.438. The highest BCUT2D eigenvalue weighted by atomic mass is 32.2. The Hall–Kier alpha value is -5.09. The number of likely N-dealkylation sites (N-methyl/N-ethyl adjacent to an activating group) is 1. The van der Waals surface area contributed by atoms with Crippen molar-refractivity contribution in [3.8, 4) is 0 Å². The van der Waals surface area contributed by atoms with E-state index in [9.17, 15) is 43.7 Å². The van der Waals surface area contributed by atoms with Gasteiger partial charge in [0.2, 0.25) is 5.69 Å². The van der Waals surface area contributed by atoms with Crippen LogP contribution >= 0.6 is 0 Å². The van der Waals surface area contributed by atoms with Gasteiger partial charge in [-0.25, -0.2) is 8.42 Å². The number of allylic oxidation sites excluding steroid dienone is 6. The Bertz CT molecular complexity index is 3090. The van der Waals surface area contributed by atoms with E-state index in [0.717, 1.165) is 59.8 Å². The van der Waals surface area contributed by atoms with E-state index in [1.165, 1.54) is 24.3 Å². The number of carboxylic acid groups (broad SMARTS) is 1. The maximum Gasteiger partial charge on any atom is 0.425 e. The lowest BCUT2D eigenvalue weighted by Crippen LogP contribution is -2.28. The molecule has 0 saturated carbocycles. The summed E-state index contributed by atoms with van der Waals surface area (Å²) in [6, 6.07) is 13.6. The molecule has 338 valence electrons. The van der Waals surface area contributed by atoms with Gasteiger partial charge in [-0.15, -0.1) is 12.6 Å². The summed E-state index contributed by atoms with van der Waals surface area (Å²) >= 11 is 0. The number of aliphatic carboxylic acids is 1. The quantitative estimate of drug-likeness (QED) is 0.0469. The van der Waals surface area contributed by atoms with Gasteiger partial charge < -0.3 is 14.6 Å². The van der Waals surface area contributed by atoms with E-state index in [0.29, 0.717) is 36.1 Å². The van der Waals surface area contributed by atoms with Gasteiger partial charge in [0.05, 0.1) is 15.2 Å². The number of unbranched alkanes of at least 4 members (excludes halogenated alkanes) is 4. The molecule has 4 aromatic rings. The van der Waals surface area contributed by atoms with Crippen LogP contribution in [0.3, 0.4) is 0 Å². The van der Waals surface area contributed by atoms with E-state index >= 15 is 0 Å². The van der Waals surface area contributed by atoms with E-state index in [-0.39, 0.29) is 22.1 Å². The number of carboxylic acids is 1. The summed E-state index contributed by atoms with van der Waals surface area (Å²) in [5, 5.41) is 10.8. The Morgan fingerprint density at radius 2 is 1.37 bits per heavy atom. The van der Waals surface area contributed by atoms with Crippen LogP contribution in [-0.4, -0.2) is 86.0 Å². The third-order valence-corrected chi connectivity index (χ3v) is 14.0. The van der Waals surface area contributed by atoms with Crippen LogP contribution < -0.4 is 4.90 Å². The first-order valence-corrected chi connectivity index (χ1v) is 25.1. The van der Waals surface area contributed by atoms with Gasteiger partial charge in [-0.05, 0) is 97.8 Å². The largest absolute Gasteiger partial charge is 0.744 e. The fourth-order valence-corrected chi connectivity index (χ4v) is 10.6. The van der Waals surface area contributed by atoms with E-state index < -0.39 is 67.6 Å². The highest BCUT2D eigenvalue weighted by Crippen LogP contribution is 2.51. The SMILES string of the molecule is CCN1C(=CC=CC=CC2=[N+](CCCCCCCC(=O)O)c3ccc4c(S(=O)(=O)O)cc(S(=O)(=O)O)cc4c3C2(C)C)C(C)(C)c2c1ccc1ccc(S(=O)(=O)[O-])cc21.O=S(=O)=O. The molecule has 0 radical (unpaired) electrons. The third-order valence-electron chi connectivity index (χ3n) is 11.4. The van der Waals surface area contributed by atoms with Gasteiger partial charge in [0.15, 0.2) is 5.71 Å². The highest BCUT2D eigenvalue weighted by Gasteiger charge is 2.46. The first-order chi connectivity index (χ1) is 29.2. The van der Waals surface area contributed by atoms with Gasteiger partial charge in [0.1, 0.15) is 21.6 Å². The molecule has 0 amide bonds. The fourth-order valence-electron chi connectivity index (χ4n) is 8.74. The highest BCUT2D eigenvalue weighted by molar-refractivity contribution is 7.87. The van der Waals surface area contributed by atoms with Crippen LogP contribution in [-0.2, 0) is 56.6 Å². The maximum atomic E-state index is 12.5. The number of carbonyl (C=O) groups is 1. The Morgan fingerprint density at radius 1 is 0.746 bits per heavy atom. The molecule has 0 aromatic heterocycles. The molecule has 0 aliphatic carbocycles. The van der Waals surface area contributed by atoms with Crippen LogP contribution in [0.15, 0.2) is 105 Å². The van der Waals surface area contributed by atoms with Gasteiger partial charge in [-0.2, -0.15) is 21.4 Å². The molecule has 2 heterocycles. The van der Waals surface area contributed by atoms with Crippen LogP contribution in [0.4, 0.5) is 11.4 Å². The number of benzene rings is 4. The number of fused-ring (bicyclic) bond motifs is 6. The standard InChI is InChI=1S/C43H48N2O11S3.O3S/c1-6-44-34-22-19-28-18-20-29(57(48,49)50)25-32(28)40(34)42(2,3)37(44)15-11-10-12-16-38-43(4,5)41-33-26-30(58(51,52)53)27-36(59(54,55)56)31(33)21-23-35(41)45(38)24-14-9-7-8-13-17-39(46)47;1-4(2)3/h10-12,15-16,18-23,25-27H,6-9,13-14,17,24H2,1-5H3,(H3-,46,47,48,49,50,51,52,53,54,55,56);. The van der Waals surface area contributed by atoms with Gasteiger partial charge in [0.25, 0.3) is 20.2 Å².